The van der Waals surface area contributed by atoms with E-state index in [-0.39, 0.29) is 17.4 Å². The predicted molar refractivity (Wildman–Crippen MR) is 68.6 cm³/mol. The summed E-state index contributed by atoms with van der Waals surface area (Å²) < 4.78 is 0.816. The number of hydrogen-bond donors (Lipinski definition) is 0. The number of nitro groups is 1. The summed E-state index contributed by atoms with van der Waals surface area (Å²) in [7, 11) is 0. The maximum atomic E-state index is 11.3. The predicted octanol–water partition coefficient (Wildman–Crippen LogP) is 3.38. The molecule has 0 saturated carbocycles. The Morgan fingerprint density at radius 2 is 2.20 bits per heavy atom. The molecule has 0 aliphatic carbocycles. The van der Waals surface area contributed by atoms with Crippen LogP contribution in [0, 0.1) is 13.7 Å². The zero-order valence-electron chi connectivity index (χ0n) is 7.17. The lowest BCUT2D eigenvalue weighted by Crippen LogP contribution is -2.04. The fourth-order valence-electron chi connectivity index (χ4n) is 0.968. The molecule has 1 rings (SSSR count). The van der Waals surface area contributed by atoms with E-state index in [1.54, 1.807) is 0 Å². The second-order valence-corrected chi connectivity index (χ2v) is 4.71. The average molecular weight is 404 g/mol. The molecule has 0 radical (unpaired) electrons. The summed E-state index contributed by atoms with van der Waals surface area (Å²) in [5.41, 5.74) is 0.327. The lowest BCUT2D eigenvalue weighted by molar-refractivity contribution is -0.385. The van der Waals surface area contributed by atoms with Crippen LogP contribution in [0.2, 0.25) is 0 Å². The molecular weight excluding hydrogens is 400 g/mol. The summed E-state index contributed by atoms with van der Waals surface area (Å²) in [6, 6.07) is 2.70. The van der Waals surface area contributed by atoms with E-state index in [2.05, 4.69) is 15.9 Å². The molecule has 0 amide bonds. The SMILES string of the molecule is O=C(CCl)c1ccc([N+](=O)[O-])c(I)c1Br. The number of benzene rings is 1. The lowest BCUT2D eigenvalue weighted by Gasteiger charge is -2.03. The number of nitro benzene ring substituents is 1. The molecule has 0 N–H and O–H groups in total. The van der Waals surface area contributed by atoms with Crippen LogP contribution in [0.3, 0.4) is 0 Å². The molecule has 1 aromatic rings. The van der Waals surface area contributed by atoms with E-state index in [0.717, 1.165) is 0 Å². The van der Waals surface area contributed by atoms with Crippen LogP contribution in [-0.2, 0) is 0 Å². The number of alkyl halides is 1. The fourth-order valence-corrected chi connectivity index (χ4v) is 2.34. The van der Waals surface area contributed by atoms with Gasteiger partial charge in [0.15, 0.2) is 5.78 Å². The summed E-state index contributed by atoms with van der Waals surface area (Å²) in [5.74, 6) is -0.414. The van der Waals surface area contributed by atoms with Crippen LogP contribution in [0.25, 0.3) is 0 Å². The molecule has 7 heteroatoms. The zero-order valence-corrected chi connectivity index (χ0v) is 11.7. The van der Waals surface area contributed by atoms with Crippen molar-refractivity contribution < 1.29 is 9.72 Å². The number of Topliss-reactive ketones (excluding diaryl/α,β-unsaturated/α-hetero) is 1. The topological polar surface area (TPSA) is 60.2 Å². The lowest BCUT2D eigenvalue weighted by atomic mass is 10.1. The Balaban J connectivity index is 3.33. The second-order valence-electron chi connectivity index (χ2n) is 2.57. The quantitative estimate of drug-likeness (QED) is 0.255. The Morgan fingerprint density at radius 1 is 1.60 bits per heavy atom. The van der Waals surface area contributed by atoms with Gasteiger partial charge in [0.1, 0.15) is 3.57 Å². The summed E-state index contributed by atoms with van der Waals surface area (Å²) in [5, 5.41) is 10.6. The van der Waals surface area contributed by atoms with Crippen LogP contribution >= 0.6 is 50.1 Å². The highest BCUT2D eigenvalue weighted by Gasteiger charge is 2.19. The van der Waals surface area contributed by atoms with E-state index in [1.165, 1.54) is 12.1 Å². The molecule has 0 aliphatic rings. The molecule has 1 aromatic carbocycles. The first-order chi connectivity index (χ1) is 6.99. The number of halogens is 3. The van der Waals surface area contributed by atoms with Crippen molar-refractivity contribution in [2.24, 2.45) is 0 Å². The fraction of sp³-hybridized carbons (Fsp3) is 0.125. The first-order valence-electron chi connectivity index (χ1n) is 3.70. The van der Waals surface area contributed by atoms with E-state index in [0.29, 0.717) is 13.6 Å². The van der Waals surface area contributed by atoms with Gasteiger partial charge in [0.05, 0.1) is 10.8 Å². The van der Waals surface area contributed by atoms with E-state index in [4.69, 9.17) is 11.6 Å². The van der Waals surface area contributed by atoms with Gasteiger partial charge in [-0.3, -0.25) is 14.9 Å². The Bertz CT molecular complexity index is 438. The molecule has 15 heavy (non-hydrogen) atoms. The number of carbonyl (C=O) groups excluding carboxylic acids is 1. The Labute approximate surface area is 112 Å². The summed E-state index contributed by atoms with van der Waals surface area (Å²) in [6.07, 6.45) is 0. The Hall–Kier alpha value is -0.210. The molecule has 0 fully saturated rings. The van der Waals surface area contributed by atoms with Crippen molar-refractivity contribution in [1.29, 1.82) is 0 Å². The van der Waals surface area contributed by atoms with Crippen molar-refractivity contribution in [3.8, 4) is 0 Å². The van der Waals surface area contributed by atoms with Crippen molar-refractivity contribution in [2.75, 3.05) is 5.88 Å². The number of ketones is 1. The van der Waals surface area contributed by atoms with Crippen LogP contribution in [0.4, 0.5) is 5.69 Å². The van der Waals surface area contributed by atoms with Crippen LogP contribution in [0.5, 0.6) is 0 Å². The first kappa shape index (κ1) is 12.9. The summed E-state index contributed by atoms with van der Waals surface area (Å²) in [4.78, 5) is 21.4. The molecule has 4 nitrogen and oxygen atoms in total. The van der Waals surface area contributed by atoms with Crippen molar-refractivity contribution >= 4 is 61.6 Å². The second kappa shape index (κ2) is 5.22. The highest BCUT2D eigenvalue weighted by atomic mass is 127. The minimum absolute atomic E-state index is 0.0337. The van der Waals surface area contributed by atoms with Crippen LogP contribution in [0.1, 0.15) is 10.4 Å². The molecule has 0 atom stereocenters. The molecule has 0 saturated heterocycles. The number of hydrogen-bond acceptors (Lipinski definition) is 3. The van der Waals surface area contributed by atoms with Crippen LogP contribution < -0.4 is 0 Å². The maximum absolute atomic E-state index is 11.3. The smallest absolute Gasteiger partial charge is 0.283 e. The van der Waals surface area contributed by atoms with Crippen LogP contribution in [-0.4, -0.2) is 16.6 Å². The largest absolute Gasteiger partial charge is 0.293 e. The molecule has 80 valence electrons. The molecule has 0 unspecified atom stereocenters. The van der Waals surface area contributed by atoms with Gasteiger partial charge in [0, 0.05) is 16.1 Å². The van der Waals surface area contributed by atoms with E-state index in [9.17, 15) is 14.9 Å². The molecule has 0 heterocycles. The van der Waals surface area contributed by atoms with Gasteiger partial charge >= 0.3 is 0 Å². The van der Waals surface area contributed by atoms with Crippen LogP contribution in [0.15, 0.2) is 16.6 Å². The van der Waals surface area contributed by atoms with Gasteiger partial charge in [-0.25, -0.2) is 0 Å². The number of rotatable bonds is 3. The molecular formula is C8H4BrClINO3. The van der Waals surface area contributed by atoms with Gasteiger partial charge in [-0.05, 0) is 44.6 Å². The van der Waals surface area contributed by atoms with Gasteiger partial charge in [0.2, 0.25) is 0 Å². The number of nitrogens with zero attached hydrogens (tertiary/aromatic N) is 1. The van der Waals surface area contributed by atoms with Gasteiger partial charge in [0.25, 0.3) is 5.69 Å². The van der Waals surface area contributed by atoms with Gasteiger partial charge < -0.3 is 0 Å². The van der Waals surface area contributed by atoms with E-state index in [1.807, 2.05) is 22.6 Å². The third kappa shape index (κ3) is 2.67. The Morgan fingerprint density at radius 3 is 2.67 bits per heavy atom. The Kier molecular flexibility index (Phi) is 4.47. The molecule has 0 aromatic heterocycles. The molecule has 0 aliphatic heterocycles. The minimum Gasteiger partial charge on any atom is -0.293 e. The standard InChI is InChI=1S/C8H4BrClINO3/c9-7-4(6(13)3-10)1-2-5(8(7)11)12(14)15/h1-2H,3H2. The summed E-state index contributed by atoms with van der Waals surface area (Å²) in [6.45, 7) is 0. The van der Waals surface area contributed by atoms with Gasteiger partial charge in [-0.15, -0.1) is 11.6 Å². The van der Waals surface area contributed by atoms with Crippen molar-refractivity contribution in [3.63, 3.8) is 0 Å². The van der Waals surface area contributed by atoms with Crippen molar-refractivity contribution in [3.05, 3.63) is 35.9 Å². The minimum atomic E-state index is -0.499. The average Bonchev–Trinajstić information content (AvgIpc) is 2.20. The van der Waals surface area contributed by atoms with E-state index >= 15 is 0 Å². The molecule has 0 spiro atoms. The highest BCUT2D eigenvalue weighted by molar-refractivity contribution is 14.1. The maximum Gasteiger partial charge on any atom is 0.283 e. The first-order valence-corrected chi connectivity index (χ1v) is 6.11. The monoisotopic (exact) mass is 403 g/mol. The normalized spacial score (nSPS) is 10.1. The zero-order chi connectivity index (χ0) is 11.6. The van der Waals surface area contributed by atoms with Crippen molar-refractivity contribution in [2.45, 2.75) is 0 Å². The third-order valence-corrected chi connectivity index (χ3v) is 4.58. The summed E-state index contributed by atoms with van der Waals surface area (Å²) >= 11 is 10.4. The third-order valence-electron chi connectivity index (χ3n) is 1.68. The van der Waals surface area contributed by atoms with E-state index < -0.39 is 4.92 Å². The highest BCUT2D eigenvalue weighted by Crippen LogP contribution is 2.31. The van der Waals surface area contributed by atoms with Gasteiger partial charge in [-0.1, -0.05) is 0 Å². The van der Waals surface area contributed by atoms with Gasteiger partial charge in [-0.2, -0.15) is 0 Å². The van der Waals surface area contributed by atoms with Crippen molar-refractivity contribution in [1.82, 2.24) is 0 Å². The molecule has 0 bridgehead atoms. The number of carbonyl (C=O) groups is 1.